The summed E-state index contributed by atoms with van der Waals surface area (Å²) in [4.78, 5) is 22.8. The van der Waals surface area contributed by atoms with Crippen molar-refractivity contribution in [1.29, 1.82) is 0 Å². The lowest BCUT2D eigenvalue weighted by atomic mass is 10.2. The van der Waals surface area contributed by atoms with Crippen LogP contribution in [-0.2, 0) is 14.3 Å². The van der Waals surface area contributed by atoms with Crippen molar-refractivity contribution in [2.45, 2.75) is 19.9 Å². The first-order valence-corrected chi connectivity index (χ1v) is 5.80. The molecule has 1 atom stereocenters. The van der Waals surface area contributed by atoms with Crippen LogP contribution in [0.1, 0.15) is 13.8 Å². The average Bonchev–Trinajstić information content (AvgIpc) is 2.39. The van der Waals surface area contributed by atoms with Crippen molar-refractivity contribution in [3.8, 4) is 5.75 Å². The lowest BCUT2D eigenvalue weighted by Crippen LogP contribution is -2.28. The highest BCUT2D eigenvalue weighted by atomic mass is 16.5. The van der Waals surface area contributed by atoms with E-state index in [1.54, 1.807) is 38.3 Å². The molecule has 0 bridgehead atoms. The van der Waals surface area contributed by atoms with Gasteiger partial charge in [-0.15, -0.1) is 0 Å². The van der Waals surface area contributed by atoms with Crippen molar-refractivity contribution in [1.82, 2.24) is 0 Å². The van der Waals surface area contributed by atoms with Gasteiger partial charge in [0.25, 0.3) is 0 Å². The predicted octanol–water partition coefficient (Wildman–Crippen LogP) is 2.30. The van der Waals surface area contributed by atoms with Gasteiger partial charge < -0.3 is 9.47 Å². The largest absolute Gasteiger partial charge is 0.497 e. The van der Waals surface area contributed by atoms with E-state index in [1.807, 2.05) is 0 Å². The number of carbonyl (C=O) groups is 2. The van der Waals surface area contributed by atoms with Crippen LogP contribution in [0.4, 0.5) is 5.69 Å². The minimum absolute atomic E-state index is 0.195. The van der Waals surface area contributed by atoms with E-state index in [2.05, 4.69) is 10.2 Å². The molecule has 0 radical (unpaired) electrons. The molecule has 0 saturated heterocycles. The van der Waals surface area contributed by atoms with Gasteiger partial charge in [0.05, 0.1) is 19.4 Å². The number of ketones is 1. The summed E-state index contributed by atoms with van der Waals surface area (Å²) in [7, 11) is 1.56. The van der Waals surface area contributed by atoms with E-state index >= 15 is 0 Å². The molecule has 6 nitrogen and oxygen atoms in total. The maximum Gasteiger partial charge on any atom is 0.340 e. The summed E-state index contributed by atoms with van der Waals surface area (Å²) in [6, 6.07) is 5.56. The fraction of sp³-hybridized carbons (Fsp3) is 0.385. The third kappa shape index (κ3) is 4.50. The summed E-state index contributed by atoms with van der Waals surface area (Å²) in [6.45, 7) is 3.13. The third-order valence-corrected chi connectivity index (χ3v) is 2.26. The number of Topliss-reactive ketones (excluding diaryl/α,β-unsaturated/α-hetero) is 1. The maximum atomic E-state index is 11.5. The molecular formula is C13H16N2O4. The highest BCUT2D eigenvalue weighted by Crippen LogP contribution is 2.18. The molecule has 0 aliphatic rings. The van der Waals surface area contributed by atoms with Gasteiger partial charge in [-0.1, -0.05) is 0 Å². The molecule has 0 heterocycles. The Bertz CT molecular complexity index is 468. The minimum Gasteiger partial charge on any atom is -0.497 e. The second-order valence-electron chi connectivity index (χ2n) is 3.68. The topological polar surface area (TPSA) is 77.3 Å². The normalized spacial score (nSPS) is 12.2. The number of ether oxygens (including phenoxy) is 2. The Hall–Kier alpha value is -2.24. The van der Waals surface area contributed by atoms with Crippen LogP contribution in [0.3, 0.4) is 0 Å². The highest BCUT2D eigenvalue weighted by Gasteiger charge is 2.24. The van der Waals surface area contributed by atoms with Crippen molar-refractivity contribution in [2.24, 2.45) is 10.2 Å². The summed E-state index contributed by atoms with van der Waals surface area (Å²) < 4.78 is 9.76. The average molecular weight is 264 g/mol. The lowest BCUT2D eigenvalue weighted by Gasteiger charge is -2.06. The number of esters is 1. The zero-order valence-corrected chi connectivity index (χ0v) is 11.1. The first-order valence-electron chi connectivity index (χ1n) is 5.80. The number of nitrogens with zero attached hydrogens (tertiary/aromatic N) is 2. The van der Waals surface area contributed by atoms with Crippen LogP contribution in [0, 0.1) is 0 Å². The Balaban J connectivity index is 2.80. The number of hydrogen-bond acceptors (Lipinski definition) is 6. The molecule has 6 heteroatoms. The lowest BCUT2D eigenvalue weighted by molar-refractivity contribution is -0.147. The fourth-order valence-electron chi connectivity index (χ4n) is 1.29. The van der Waals surface area contributed by atoms with E-state index in [-0.39, 0.29) is 6.61 Å². The molecule has 0 amide bonds. The van der Waals surface area contributed by atoms with Gasteiger partial charge in [-0.3, -0.25) is 4.79 Å². The Morgan fingerprint density at radius 1 is 1.26 bits per heavy atom. The van der Waals surface area contributed by atoms with Gasteiger partial charge in [-0.05, 0) is 38.1 Å². The van der Waals surface area contributed by atoms with Crippen LogP contribution in [0.5, 0.6) is 5.75 Å². The molecule has 0 N–H and O–H groups in total. The monoisotopic (exact) mass is 264 g/mol. The molecule has 0 aromatic heterocycles. The molecular weight excluding hydrogens is 248 g/mol. The zero-order valence-electron chi connectivity index (χ0n) is 11.1. The van der Waals surface area contributed by atoms with Gasteiger partial charge in [-0.2, -0.15) is 10.2 Å². The first-order chi connectivity index (χ1) is 9.08. The SMILES string of the molecule is CCOC(=O)C(N=Nc1ccc(OC)cc1)C(C)=O. The standard InChI is InChI=1S/C13H16N2O4/c1-4-19-13(17)12(9(2)16)15-14-10-5-7-11(18-3)8-6-10/h5-8,12H,4H2,1-3H3. The minimum atomic E-state index is -1.21. The number of methoxy groups -OCH3 is 1. The van der Waals surface area contributed by atoms with Crippen molar-refractivity contribution >= 4 is 17.4 Å². The summed E-state index contributed by atoms with van der Waals surface area (Å²) in [6.07, 6.45) is 0. The van der Waals surface area contributed by atoms with Crippen LogP contribution >= 0.6 is 0 Å². The van der Waals surface area contributed by atoms with Gasteiger partial charge in [-0.25, -0.2) is 4.79 Å². The molecule has 0 saturated carbocycles. The third-order valence-electron chi connectivity index (χ3n) is 2.26. The predicted molar refractivity (Wildman–Crippen MR) is 68.6 cm³/mol. The Labute approximate surface area is 111 Å². The summed E-state index contributed by atoms with van der Waals surface area (Å²) in [5.74, 6) is -0.407. The van der Waals surface area contributed by atoms with E-state index < -0.39 is 17.8 Å². The van der Waals surface area contributed by atoms with Crippen molar-refractivity contribution in [3.63, 3.8) is 0 Å². The molecule has 0 fully saturated rings. The first kappa shape index (κ1) is 14.8. The van der Waals surface area contributed by atoms with E-state index in [9.17, 15) is 9.59 Å². The molecule has 1 rings (SSSR count). The van der Waals surface area contributed by atoms with Crippen molar-refractivity contribution in [3.05, 3.63) is 24.3 Å². The van der Waals surface area contributed by atoms with Crippen LogP contribution in [0.2, 0.25) is 0 Å². The summed E-state index contributed by atoms with van der Waals surface area (Å²) in [5.41, 5.74) is 0.524. The van der Waals surface area contributed by atoms with E-state index in [1.165, 1.54) is 6.92 Å². The fourth-order valence-corrected chi connectivity index (χ4v) is 1.29. The number of benzene rings is 1. The van der Waals surface area contributed by atoms with Gasteiger partial charge in [0, 0.05) is 0 Å². The molecule has 1 unspecified atom stereocenters. The second kappa shape index (κ2) is 7.25. The van der Waals surface area contributed by atoms with Gasteiger partial charge in [0.15, 0.2) is 5.78 Å². The number of hydrogen-bond donors (Lipinski definition) is 0. The van der Waals surface area contributed by atoms with Crippen LogP contribution < -0.4 is 4.74 Å². The molecule has 0 spiro atoms. The smallest absolute Gasteiger partial charge is 0.340 e. The van der Waals surface area contributed by atoms with Crippen LogP contribution in [0.15, 0.2) is 34.5 Å². The van der Waals surface area contributed by atoms with Crippen LogP contribution in [-0.4, -0.2) is 31.5 Å². The Kier molecular flexibility index (Phi) is 5.66. The van der Waals surface area contributed by atoms with Gasteiger partial charge >= 0.3 is 5.97 Å². The van der Waals surface area contributed by atoms with Gasteiger partial charge in [0.2, 0.25) is 6.04 Å². The highest BCUT2D eigenvalue weighted by molar-refractivity contribution is 6.02. The molecule has 0 aliphatic heterocycles. The summed E-state index contributed by atoms with van der Waals surface area (Å²) in [5, 5.41) is 7.58. The summed E-state index contributed by atoms with van der Waals surface area (Å²) >= 11 is 0. The van der Waals surface area contributed by atoms with Crippen LogP contribution in [0.25, 0.3) is 0 Å². The molecule has 19 heavy (non-hydrogen) atoms. The Morgan fingerprint density at radius 2 is 1.89 bits per heavy atom. The zero-order chi connectivity index (χ0) is 14.3. The molecule has 0 aliphatic carbocycles. The number of rotatable bonds is 6. The second-order valence-corrected chi connectivity index (χ2v) is 3.68. The van der Waals surface area contributed by atoms with Crippen molar-refractivity contribution in [2.75, 3.05) is 13.7 Å². The maximum absolute atomic E-state index is 11.5. The molecule has 1 aromatic carbocycles. The molecule has 102 valence electrons. The number of azo groups is 1. The number of carbonyl (C=O) groups excluding carboxylic acids is 2. The van der Waals surface area contributed by atoms with E-state index in [0.29, 0.717) is 11.4 Å². The van der Waals surface area contributed by atoms with E-state index in [0.717, 1.165) is 0 Å². The van der Waals surface area contributed by atoms with Crippen molar-refractivity contribution < 1.29 is 19.1 Å². The Morgan fingerprint density at radius 3 is 2.37 bits per heavy atom. The quantitative estimate of drug-likeness (QED) is 0.448. The van der Waals surface area contributed by atoms with E-state index in [4.69, 9.17) is 9.47 Å². The van der Waals surface area contributed by atoms with Gasteiger partial charge in [0.1, 0.15) is 5.75 Å². The molecule has 1 aromatic rings.